The standard InChI is InChI=1S/C18H16N6O/c1-25-13-6-4-5-12(9-13)23-17-16(19)18(21-10-20-17)24-11-22-14-7-2-3-8-15(14)24/h2-11H,19H2,1H3,(H,20,21,23). The Bertz CT molecular complexity index is 1040. The van der Waals surface area contributed by atoms with Gasteiger partial charge in [-0.3, -0.25) is 4.57 Å². The summed E-state index contributed by atoms with van der Waals surface area (Å²) in [5.74, 6) is 1.85. The molecule has 0 saturated carbocycles. The zero-order valence-corrected chi connectivity index (χ0v) is 13.5. The number of para-hydroxylation sites is 2. The highest BCUT2D eigenvalue weighted by molar-refractivity contribution is 5.81. The molecule has 0 bridgehead atoms. The molecule has 0 aliphatic heterocycles. The Morgan fingerprint density at radius 3 is 2.80 bits per heavy atom. The number of hydrogen-bond acceptors (Lipinski definition) is 6. The second kappa shape index (κ2) is 6.12. The molecule has 2 aromatic carbocycles. The lowest BCUT2D eigenvalue weighted by Crippen LogP contribution is -2.07. The lowest BCUT2D eigenvalue weighted by atomic mass is 10.3. The number of anilines is 3. The largest absolute Gasteiger partial charge is 0.497 e. The topological polar surface area (TPSA) is 90.9 Å². The number of ether oxygens (including phenoxy) is 1. The van der Waals surface area contributed by atoms with Crippen LogP contribution in [0.15, 0.2) is 61.2 Å². The number of nitrogen functional groups attached to an aromatic ring is 1. The lowest BCUT2D eigenvalue weighted by Gasteiger charge is -2.12. The first-order valence-electron chi connectivity index (χ1n) is 7.70. The molecule has 0 aliphatic carbocycles. The summed E-state index contributed by atoms with van der Waals surface area (Å²) in [6, 6.07) is 15.4. The molecule has 2 aromatic heterocycles. The number of nitrogens with zero attached hydrogens (tertiary/aromatic N) is 4. The first-order chi connectivity index (χ1) is 12.3. The van der Waals surface area contributed by atoms with E-state index in [1.807, 2.05) is 53.1 Å². The van der Waals surface area contributed by atoms with E-state index in [0.29, 0.717) is 17.3 Å². The van der Waals surface area contributed by atoms with Gasteiger partial charge in [0.1, 0.15) is 24.1 Å². The van der Waals surface area contributed by atoms with Crippen LogP contribution in [0, 0.1) is 0 Å². The van der Waals surface area contributed by atoms with E-state index in [2.05, 4.69) is 20.3 Å². The van der Waals surface area contributed by atoms with Gasteiger partial charge in [0.2, 0.25) is 0 Å². The van der Waals surface area contributed by atoms with Gasteiger partial charge in [0.25, 0.3) is 0 Å². The zero-order valence-electron chi connectivity index (χ0n) is 13.5. The van der Waals surface area contributed by atoms with Crippen LogP contribution < -0.4 is 15.8 Å². The molecule has 0 spiro atoms. The third-order valence-corrected chi connectivity index (χ3v) is 3.88. The second-order valence-corrected chi connectivity index (χ2v) is 5.42. The van der Waals surface area contributed by atoms with E-state index in [0.717, 1.165) is 22.5 Å². The highest BCUT2D eigenvalue weighted by atomic mass is 16.5. The molecule has 4 aromatic rings. The number of aromatic nitrogens is 4. The molecule has 0 saturated heterocycles. The van der Waals surface area contributed by atoms with Crippen LogP contribution in [0.3, 0.4) is 0 Å². The van der Waals surface area contributed by atoms with Crippen molar-refractivity contribution in [2.75, 3.05) is 18.2 Å². The Hall–Kier alpha value is -3.61. The van der Waals surface area contributed by atoms with Gasteiger partial charge in [-0.05, 0) is 24.3 Å². The van der Waals surface area contributed by atoms with Crippen molar-refractivity contribution in [3.8, 4) is 11.6 Å². The summed E-state index contributed by atoms with van der Waals surface area (Å²) in [7, 11) is 1.63. The van der Waals surface area contributed by atoms with E-state index in [1.54, 1.807) is 13.4 Å². The summed E-state index contributed by atoms with van der Waals surface area (Å²) in [6.45, 7) is 0. The number of nitrogens with one attached hydrogen (secondary N) is 1. The van der Waals surface area contributed by atoms with Crippen molar-refractivity contribution in [1.29, 1.82) is 0 Å². The van der Waals surface area contributed by atoms with Crippen LogP contribution in [-0.4, -0.2) is 26.6 Å². The molecule has 0 unspecified atom stereocenters. The number of fused-ring (bicyclic) bond motifs is 1. The van der Waals surface area contributed by atoms with Gasteiger partial charge in [-0.2, -0.15) is 0 Å². The predicted molar refractivity (Wildman–Crippen MR) is 97.3 cm³/mol. The van der Waals surface area contributed by atoms with Crippen LogP contribution in [0.1, 0.15) is 0 Å². The number of benzene rings is 2. The van der Waals surface area contributed by atoms with Gasteiger partial charge in [0.05, 0.1) is 18.1 Å². The molecule has 4 rings (SSSR count). The van der Waals surface area contributed by atoms with Crippen molar-refractivity contribution in [3.63, 3.8) is 0 Å². The summed E-state index contributed by atoms with van der Waals surface area (Å²) in [6.07, 6.45) is 3.18. The van der Waals surface area contributed by atoms with Gasteiger partial charge in [0, 0.05) is 11.8 Å². The quantitative estimate of drug-likeness (QED) is 0.596. The van der Waals surface area contributed by atoms with Crippen LogP contribution in [-0.2, 0) is 0 Å². The molecule has 0 atom stereocenters. The summed E-state index contributed by atoms with van der Waals surface area (Å²) in [4.78, 5) is 13.0. The summed E-state index contributed by atoms with van der Waals surface area (Å²) >= 11 is 0. The first-order valence-corrected chi connectivity index (χ1v) is 7.70. The van der Waals surface area contributed by atoms with Crippen LogP contribution in [0.2, 0.25) is 0 Å². The molecule has 0 amide bonds. The molecule has 7 nitrogen and oxygen atoms in total. The maximum absolute atomic E-state index is 6.32. The van der Waals surface area contributed by atoms with Gasteiger partial charge in [-0.15, -0.1) is 0 Å². The average Bonchev–Trinajstić information content (AvgIpc) is 3.08. The molecule has 7 heteroatoms. The Kier molecular flexibility index (Phi) is 3.66. The molecule has 2 heterocycles. The van der Waals surface area contributed by atoms with Gasteiger partial charge in [-0.1, -0.05) is 18.2 Å². The Labute approximate surface area is 144 Å². The Morgan fingerprint density at radius 1 is 1.04 bits per heavy atom. The minimum Gasteiger partial charge on any atom is -0.497 e. The normalized spacial score (nSPS) is 10.8. The second-order valence-electron chi connectivity index (χ2n) is 5.42. The molecule has 0 aliphatic rings. The van der Waals surface area contributed by atoms with Crippen LogP contribution in [0.4, 0.5) is 17.2 Å². The van der Waals surface area contributed by atoms with E-state index in [4.69, 9.17) is 10.5 Å². The Balaban J connectivity index is 1.75. The van der Waals surface area contributed by atoms with E-state index in [1.165, 1.54) is 6.33 Å². The van der Waals surface area contributed by atoms with Crippen molar-refractivity contribution in [3.05, 3.63) is 61.2 Å². The number of methoxy groups -OCH3 is 1. The SMILES string of the molecule is COc1cccc(Nc2ncnc(-n3cnc4ccccc43)c2N)c1. The fourth-order valence-corrected chi connectivity index (χ4v) is 2.64. The molecule has 25 heavy (non-hydrogen) atoms. The highest BCUT2D eigenvalue weighted by Gasteiger charge is 2.13. The third kappa shape index (κ3) is 2.72. The number of hydrogen-bond donors (Lipinski definition) is 2. The lowest BCUT2D eigenvalue weighted by molar-refractivity contribution is 0.415. The molecule has 124 valence electrons. The van der Waals surface area contributed by atoms with Gasteiger partial charge < -0.3 is 15.8 Å². The van der Waals surface area contributed by atoms with Gasteiger partial charge in [-0.25, -0.2) is 15.0 Å². The molecular formula is C18H16N6O. The predicted octanol–water partition coefficient (Wildman–Crippen LogP) is 3.15. The van der Waals surface area contributed by atoms with Crippen molar-refractivity contribution >= 4 is 28.2 Å². The maximum Gasteiger partial charge on any atom is 0.167 e. The smallest absolute Gasteiger partial charge is 0.167 e. The van der Waals surface area contributed by atoms with E-state index in [9.17, 15) is 0 Å². The van der Waals surface area contributed by atoms with Crippen molar-refractivity contribution in [1.82, 2.24) is 19.5 Å². The van der Waals surface area contributed by atoms with Crippen molar-refractivity contribution in [2.45, 2.75) is 0 Å². The van der Waals surface area contributed by atoms with Gasteiger partial charge in [0.15, 0.2) is 11.6 Å². The number of rotatable bonds is 4. The minimum atomic E-state index is 0.438. The van der Waals surface area contributed by atoms with Crippen LogP contribution in [0.5, 0.6) is 5.75 Å². The highest BCUT2D eigenvalue weighted by Crippen LogP contribution is 2.28. The molecule has 3 N–H and O–H groups in total. The van der Waals surface area contributed by atoms with Crippen LogP contribution in [0.25, 0.3) is 16.9 Å². The van der Waals surface area contributed by atoms with Crippen LogP contribution >= 0.6 is 0 Å². The fraction of sp³-hybridized carbons (Fsp3) is 0.0556. The fourth-order valence-electron chi connectivity index (χ4n) is 2.64. The zero-order chi connectivity index (χ0) is 17.2. The summed E-state index contributed by atoms with van der Waals surface area (Å²) < 4.78 is 7.09. The van der Waals surface area contributed by atoms with Crippen molar-refractivity contribution in [2.24, 2.45) is 0 Å². The average molecular weight is 332 g/mol. The number of imidazole rings is 1. The minimum absolute atomic E-state index is 0.438. The monoisotopic (exact) mass is 332 g/mol. The summed E-state index contributed by atoms with van der Waals surface area (Å²) in [5, 5.41) is 3.21. The Morgan fingerprint density at radius 2 is 1.92 bits per heavy atom. The van der Waals surface area contributed by atoms with E-state index >= 15 is 0 Å². The molecule has 0 radical (unpaired) electrons. The van der Waals surface area contributed by atoms with Crippen molar-refractivity contribution < 1.29 is 4.74 Å². The molecule has 0 fully saturated rings. The number of nitrogens with two attached hydrogens (primary N) is 1. The maximum atomic E-state index is 6.32. The molecular weight excluding hydrogens is 316 g/mol. The summed E-state index contributed by atoms with van der Waals surface area (Å²) in [5.41, 5.74) is 9.39. The van der Waals surface area contributed by atoms with E-state index < -0.39 is 0 Å². The van der Waals surface area contributed by atoms with E-state index in [-0.39, 0.29) is 0 Å². The van der Waals surface area contributed by atoms with Gasteiger partial charge >= 0.3 is 0 Å². The first kappa shape index (κ1) is 14.9. The third-order valence-electron chi connectivity index (χ3n) is 3.88.